The second-order valence-electron chi connectivity index (χ2n) is 4.38. The lowest BCUT2D eigenvalue weighted by molar-refractivity contribution is 0.439. The summed E-state index contributed by atoms with van der Waals surface area (Å²) < 4.78 is 20.2. The van der Waals surface area contributed by atoms with E-state index in [0.29, 0.717) is 11.3 Å². The highest BCUT2D eigenvalue weighted by Crippen LogP contribution is 2.38. The molecule has 0 aliphatic heterocycles. The maximum atomic E-state index is 14.2. The number of nitrogens with zero attached hydrogens (tertiary/aromatic N) is 1. The smallest absolute Gasteiger partial charge is 0.230 e. The van der Waals surface area contributed by atoms with Gasteiger partial charge < -0.3 is 10.3 Å². The molecular weight excluding hydrogens is 359 g/mol. The number of halogens is 3. The van der Waals surface area contributed by atoms with E-state index in [-0.39, 0.29) is 16.5 Å². The van der Waals surface area contributed by atoms with Crippen LogP contribution < -0.4 is 5.73 Å². The van der Waals surface area contributed by atoms with Crippen LogP contribution >= 0.6 is 27.5 Å². The van der Waals surface area contributed by atoms with Crippen LogP contribution in [0.3, 0.4) is 0 Å². The highest BCUT2D eigenvalue weighted by atomic mass is 79.9. The molecule has 0 saturated heterocycles. The van der Waals surface area contributed by atoms with E-state index in [4.69, 9.17) is 21.9 Å². The summed E-state index contributed by atoms with van der Waals surface area (Å²) in [5, 5.41) is 3.90. The van der Waals surface area contributed by atoms with E-state index in [1.807, 2.05) is 24.3 Å². The van der Waals surface area contributed by atoms with Gasteiger partial charge in [-0.2, -0.15) is 0 Å². The van der Waals surface area contributed by atoms with E-state index in [2.05, 4.69) is 21.1 Å². The van der Waals surface area contributed by atoms with Gasteiger partial charge in [0.15, 0.2) is 5.82 Å². The fourth-order valence-corrected chi connectivity index (χ4v) is 2.51. The topological polar surface area (TPSA) is 52.0 Å². The van der Waals surface area contributed by atoms with Crippen molar-refractivity contribution in [2.24, 2.45) is 0 Å². The minimum absolute atomic E-state index is 0.0239. The normalized spacial score (nSPS) is 10.8. The zero-order valence-electron chi connectivity index (χ0n) is 10.6. The molecule has 0 spiro atoms. The first-order chi connectivity index (χ1) is 10.1. The number of aromatic nitrogens is 1. The first-order valence-corrected chi connectivity index (χ1v) is 7.20. The molecule has 2 N–H and O–H groups in total. The van der Waals surface area contributed by atoms with Crippen molar-refractivity contribution >= 4 is 33.4 Å². The molecule has 3 rings (SSSR count). The third kappa shape index (κ3) is 2.54. The summed E-state index contributed by atoms with van der Waals surface area (Å²) >= 11 is 9.18. The predicted molar refractivity (Wildman–Crippen MR) is 84.5 cm³/mol. The molecule has 106 valence electrons. The van der Waals surface area contributed by atoms with E-state index < -0.39 is 5.82 Å². The lowest BCUT2D eigenvalue weighted by Gasteiger charge is -2.05. The molecule has 1 heterocycles. The molecule has 0 saturated carbocycles. The molecule has 0 atom stereocenters. The molecular formula is C15H9BrClFN2O. The molecule has 0 fully saturated rings. The van der Waals surface area contributed by atoms with Gasteiger partial charge in [-0.1, -0.05) is 50.9 Å². The Morgan fingerprint density at radius 2 is 1.86 bits per heavy atom. The Bertz CT molecular complexity index is 802. The summed E-state index contributed by atoms with van der Waals surface area (Å²) in [6, 6.07) is 12.1. The van der Waals surface area contributed by atoms with Gasteiger partial charge in [0.2, 0.25) is 5.88 Å². The van der Waals surface area contributed by atoms with Crippen molar-refractivity contribution in [2.45, 2.75) is 0 Å². The van der Waals surface area contributed by atoms with Crippen LogP contribution in [0.1, 0.15) is 0 Å². The number of hydrogen-bond acceptors (Lipinski definition) is 3. The van der Waals surface area contributed by atoms with Crippen molar-refractivity contribution in [2.75, 3.05) is 5.73 Å². The van der Waals surface area contributed by atoms with E-state index in [9.17, 15) is 4.39 Å². The minimum Gasteiger partial charge on any atom is -0.367 e. The fraction of sp³-hybridized carbons (Fsp3) is 0. The molecule has 3 nitrogen and oxygen atoms in total. The molecule has 0 unspecified atom stereocenters. The Morgan fingerprint density at radius 1 is 1.14 bits per heavy atom. The fourth-order valence-electron chi connectivity index (χ4n) is 2.07. The highest BCUT2D eigenvalue weighted by Gasteiger charge is 2.20. The molecule has 1 aromatic heterocycles. The molecule has 6 heteroatoms. The van der Waals surface area contributed by atoms with Gasteiger partial charge in [-0.3, -0.25) is 0 Å². The van der Waals surface area contributed by atoms with Gasteiger partial charge in [0.05, 0.1) is 10.6 Å². The summed E-state index contributed by atoms with van der Waals surface area (Å²) in [6.07, 6.45) is 0. The molecule has 0 aliphatic carbocycles. The third-order valence-corrected chi connectivity index (χ3v) is 3.88. The second kappa shape index (κ2) is 5.50. The molecule has 21 heavy (non-hydrogen) atoms. The van der Waals surface area contributed by atoms with Crippen LogP contribution in [0.25, 0.3) is 22.4 Å². The van der Waals surface area contributed by atoms with Gasteiger partial charge in [-0.05, 0) is 29.8 Å². The standard InChI is InChI=1S/C15H9BrClFN2O/c16-9-6-4-8(5-7-9)12-14(20-21-15(12)19)10-2-1-3-11(17)13(10)18/h1-7H,19H2. The summed E-state index contributed by atoms with van der Waals surface area (Å²) in [6.45, 7) is 0. The zero-order valence-corrected chi connectivity index (χ0v) is 13.0. The maximum absolute atomic E-state index is 14.2. The van der Waals surface area contributed by atoms with Crippen molar-refractivity contribution in [1.82, 2.24) is 5.16 Å². The quantitative estimate of drug-likeness (QED) is 0.682. The van der Waals surface area contributed by atoms with Crippen molar-refractivity contribution < 1.29 is 8.91 Å². The van der Waals surface area contributed by atoms with Crippen LogP contribution in [-0.2, 0) is 0 Å². The van der Waals surface area contributed by atoms with Crippen LogP contribution in [0.4, 0.5) is 10.3 Å². The summed E-state index contributed by atoms with van der Waals surface area (Å²) in [5.74, 6) is -0.419. The van der Waals surface area contributed by atoms with E-state index >= 15 is 0 Å². The van der Waals surface area contributed by atoms with E-state index in [0.717, 1.165) is 10.0 Å². The summed E-state index contributed by atoms with van der Waals surface area (Å²) in [5.41, 5.74) is 7.75. The van der Waals surface area contributed by atoms with Gasteiger partial charge in [0.1, 0.15) is 5.69 Å². The van der Waals surface area contributed by atoms with E-state index in [1.54, 1.807) is 12.1 Å². The number of nitrogens with two attached hydrogens (primary N) is 1. The lowest BCUT2D eigenvalue weighted by Crippen LogP contribution is -1.90. The Morgan fingerprint density at radius 3 is 2.57 bits per heavy atom. The van der Waals surface area contributed by atoms with Crippen LogP contribution in [0.5, 0.6) is 0 Å². The Balaban J connectivity index is 2.22. The molecule has 3 aromatic rings. The van der Waals surface area contributed by atoms with E-state index in [1.165, 1.54) is 6.07 Å². The van der Waals surface area contributed by atoms with Crippen LogP contribution in [0.15, 0.2) is 51.5 Å². The van der Waals surface area contributed by atoms with Gasteiger partial charge >= 0.3 is 0 Å². The average molecular weight is 368 g/mol. The number of anilines is 1. The number of hydrogen-bond donors (Lipinski definition) is 1. The van der Waals surface area contributed by atoms with Gasteiger partial charge in [-0.25, -0.2) is 4.39 Å². The molecule has 0 bridgehead atoms. The number of nitrogen functional groups attached to an aromatic ring is 1. The SMILES string of the molecule is Nc1onc(-c2cccc(Cl)c2F)c1-c1ccc(Br)cc1. The third-order valence-electron chi connectivity index (χ3n) is 3.06. The molecule has 0 radical (unpaired) electrons. The zero-order chi connectivity index (χ0) is 15.0. The average Bonchev–Trinajstić information content (AvgIpc) is 2.85. The van der Waals surface area contributed by atoms with Gasteiger partial charge in [0.25, 0.3) is 0 Å². The highest BCUT2D eigenvalue weighted by molar-refractivity contribution is 9.10. The van der Waals surface area contributed by atoms with Crippen LogP contribution in [0.2, 0.25) is 5.02 Å². The molecule has 0 aliphatic rings. The molecule has 0 amide bonds. The Hall–Kier alpha value is -1.85. The first-order valence-electron chi connectivity index (χ1n) is 6.03. The maximum Gasteiger partial charge on any atom is 0.230 e. The number of benzene rings is 2. The Kier molecular flexibility index (Phi) is 3.69. The second-order valence-corrected chi connectivity index (χ2v) is 5.70. The Labute approximate surface area is 133 Å². The lowest BCUT2D eigenvalue weighted by atomic mass is 10.0. The monoisotopic (exact) mass is 366 g/mol. The van der Waals surface area contributed by atoms with Crippen molar-refractivity contribution in [3.05, 3.63) is 57.8 Å². The van der Waals surface area contributed by atoms with Crippen LogP contribution in [0, 0.1) is 5.82 Å². The summed E-state index contributed by atoms with van der Waals surface area (Å²) in [4.78, 5) is 0. The largest absolute Gasteiger partial charge is 0.367 e. The predicted octanol–water partition coefficient (Wildman–Crippen LogP) is 5.15. The van der Waals surface area contributed by atoms with Crippen LogP contribution in [-0.4, -0.2) is 5.16 Å². The molecule has 2 aromatic carbocycles. The summed E-state index contributed by atoms with van der Waals surface area (Å²) in [7, 11) is 0. The minimum atomic E-state index is -0.550. The first kappa shape index (κ1) is 14.1. The van der Waals surface area contributed by atoms with Gasteiger partial charge in [-0.15, -0.1) is 0 Å². The van der Waals surface area contributed by atoms with Crippen molar-refractivity contribution in [1.29, 1.82) is 0 Å². The van der Waals surface area contributed by atoms with Crippen molar-refractivity contribution in [3.8, 4) is 22.4 Å². The van der Waals surface area contributed by atoms with Crippen molar-refractivity contribution in [3.63, 3.8) is 0 Å². The number of rotatable bonds is 2. The van der Waals surface area contributed by atoms with Gasteiger partial charge in [0, 0.05) is 10.0 Å².